The summed E-state index contributed by atoms with van der Waals surface area (Å²) in [6, 6.07) is 2.09. The summed E-state index contributed by atoms with van der Waals surface area (Å²) in [4.78, 5) is 28.9. The van der Waals surface area contributed by atoms with Gasteiger partial charge in [0.1, 0.15) is 0 Å². The fourth-order valence-electron chi connectivity index (χ4n) is 4.72. The Balaban J connectivity index is 0.00000218. The highest BCUT2D eigenvalue weighted by Crippen LogP contribution is 2.41. The van der Waals surface area contributed by atoms with Crippen LogP contribution in [-0.4, -0.2) is 61.7 Å². The molecule has 0 atom stereocenters. The molecule has 5 heterocycles. The lowest BCUT2D eigenvalue weighted by Gasteiger charge is -2.48. The van der Waals surface area contributed by atoms with Gasteiger partial charge < -0.3 is 9.47 Å². The van der Waals surface area contributed by atoms with E-state index in [1.54, 1.807) is 5.48 Å². The molecule has 1 amide bonds. The van der Waals surface area contributed by atoms with Crippen LogP contribution in [0.5, 0.6) is 0 Å². The van der Waals surface area contributed by atoms with Crippen molar-refractivity contribution < 1.29 is 10.0 Å². The van der Waals surface area contributed by atoms with Gasteiger partial charge in [0.25, 0.3) is 5.91 Å². The Kier molecular flexibility index (Phi) is 5.35. The summed E-state index contributed by atoms with van der Waals surface area (Å²) in [6.07, 6.45) is 9.98. The monoisotopic (exact) mass is 429 g/mol. The molecule has 10 heteroatoms. The molecule has 30 heavy (non-hydrogen) atoms. The first-order valence-electron chi connectivity index (χ1n) is 9.69. The lowest BCUT2D eigenvalue weighted by atomic mass is 9.79. The summed E-state index contributed by atoms with van der Waals surface area (Å²) in [7, 11) is 2.06. The molecule has 0 bridgehead atoms. The van der Waals surface area contributed by atoms with Crippen LogP contribution in [0, 0.1) is 5.41 Å². The van der Waals surface area contributed by atoms with Crippen LogP contribution >= 0.6 is 12.4 Å². The van der Waals surface area contributed by atoms with E-state index >= 15 is 0 Å². The second-order valence-electron chi connectivity index (χ2n) is 8.19. The maximum atomic E-state index is 11.4. The predicted molar refractivity (Wildman–Crippen MR) is 114 cm³/mol. The fraction of sp³-hybridized carbons (Fsp3) is 0.400. The van der Waals surface area contributed by atoms with Crippen molar-refractivity contribution in [1.82, 2.24) is 29.9 Å². The second-order valence-corrected chi connectivity index (χ2v) is 8.19. The van der Waals surface area contributed by atoms with E-state index in [1.807, 2.05) is 12.4 Å². The van der Waals surface area contributed by atoms with Gasteiger partial charge in [-0.3, -0.25) is 19.9 Å². The number of likely N-dealkylation sites (tertiary alicyclic amines) is 1. The van der Waals surface area contributed by atoms with E-state index < -0.39 is 5.91 Å². The van der Waals surface area contributed by atoms with Gasteiger partial charge in [-0.15, -0.1) is 12.4 Å². The minimum absolute atomic E-state index is 0. The van der Waals surface area contributed by atoms with Crippen molar-refractivity contribution >= 4 is 35.2 Å². The lowest BCUT2D eigenvalue weighted by Crippen LogP contribution is -2.56. The number of anilines is 1. The van der Waals surface area contributed by atoms with Gasteiger partial charge in [0.2, 0.25) is 5.95 Å². The van der Waals surface area contributed by atoms with Gasteiger partial charge in [-0.2, -0.15) is 0 Å². The van der Waals surface area contributed by atoms with E-state index in [0.717, 1.165) is 39.1 Å². The fourth-order valence-corrected chi connectivity index (χ4v) is 4.72. The van der Waals surface area contributed by atoms with E-state index in [4.69, 9.17) is 5.21 Å². The third-order valence-electron chi connectivity index (χ3n) is 6.11. The van der Waals surface area contributed by atoms with Gasteiger partial charge in [-0.25, -0.2) is 15.4 Å². The van der Waals surface area contributed by atoms with Crippen LogP contribution in [0.3, 0.4) is 0 Å². The Bertz CT molecular complexity index is 1060. The first kappa shape index (κ1) is 20.5. The molecule has 2 saturated heterocycles. The van der Waals surface area contributed by atoms with Gasteiger partial charge in [-0.1, -0.05) is 0 Å². The van der Waals surface area contributed by atoms with Crippen LogP contribution in [0.1, 0.15) is 22.3 Å². The number of rotatable bonds is 4. The number of nitrogens with one attached hydrogen (secondary N) is 1. The number of carbonyl (C=O) groups is 1. The highest BCUT2D eigenvalue weighted by molar-refractivity contribution is 5.92. The average molecular weight is 430 g/mol. The first-order valence-corrected chi connectivity index (χ1v) is 9.69. The Morgan fingerprint density at radius 1 is 1.23 bits per heavy atom. The summed E-state index contributed by atoms with van der Waals surface area (Å²) in [6.45, 7) is 4.92. The maximum Gasteiger partial charge on any atom is 0.277 e. The number of aryl methyl sites for hydroxylation is 1. The van der Waals surface area contributed by atoms with E-state index in [9.17, 15) is 4.79 Å². The molecule has 2 aliphatic rings. The molecule has 1 spiro atoms. The average Bonchev–Trinajstić information content (AvgIpc) is 3.30. The van der Waals surface area contributed by atoms with Crippen LogP contribution in [0.4, 0.5) is 5.95 Å². The molecule has 2 fully saturated rings. The molecule has 0 aromatic carbocycles. The summed E-state index contributed by atoms with van der Waals surface area (Å²) < 4.78 is 2.14. The molecule has 2 aliphatic heterocycles. The third kappa shape index (κ3) is 3.49. The molecule has 0 radical (unpaired) electrons. The Hall–Kier alpha value is -2.75. The minimum atomic E-state index is -0.603. The van der Waals surface area contributed by atoms with Crippen LogP contribution in [-0.2, 0) is 13.6 Å². The van der Waals surface area contributed by atoms with Crippen LogP contribution in [0.2, 0.25) is 0 Å². The van der Waals surface area contributed by atoms with Crippen molar-refractivity contribution in [2.75, 3.05) is 31.1 Å². The molecular formula is C20H24ClN7O2. The molecule has 158 valence electrons. The van der Waals surface area contributed by atoms with Crippen molar-refractivity contribution in [1.29, 1.82) is 0 Å². The quantitative estimate of drug-likeness (QED) is 0.480. The van der Waals surface area contributed by atoms with Crippen molar-refractivity contribution in [3.63, 3.8) is 0 Å². The van der Waals surface area contributed by atoms with Gasteiger partial charge >= 0.3 is 0 Å². The standard InChI is InChI=1S/C20H23N7O2.ClH/c1-25-9-15(16-2-4-21-8-17(16)25)10-26-11-20(12-26)3-5-27(13-20)19-22-6-14(7-23-19)18(28)24-29;/h2,4,6-9,29H,3,5,10-13H2,1H3,(H,24,28);1H. The van der Waals surface area contributed by atoms with E-state index in [2.05, 4.69) is 48.6 Å². The minimum Gasteiger partial charge on any atom is -0.349 e. The van der Waals surface area contributed by atoms with Crippen molar-refractivity contribution in [2.24, 2.45) is 12.5 Å². The number of hydrogen-bond acceptors (Lipinski definition) is 7. The summed E-state index contributed by atoms with van der Waals surface area (Å²) in [5, 5.41) is 9.97. The van der Waals surface area contributed by atoms with Crippen molar-refractivity contribution in [2.45, 2.75) is 13.0 Å². The van der Waals surface area contributed by atoms with E-state index in [-0.39, 0.29) is 23.4 Å². The van der Waals surface area contributed by atoms with Gasteiger partial charge in [-0.05, 0) is 18.1 Å². The topological polar surface area (TPSA) is 99.4 Å². The second kappa shape index (κ2) is 7.82. The number of nitrogens with zero attached hydrogens (tertiary/aromatic N) is 6. The molecular weight excluding hydrogens is 406 g/mol. The number of pyridine rings is 1. The van der Waals surface area contributed by atoms with Crippen LogP contribution < -0.4 is 10.4 Å². The number of carbonyl (C=O) groups excluding carboxylic acids is 1. The molecule has 0 unspecified atom stereocenters. The molecule has 2 N–H and O–H groups in total. The Morgan fingerprint density at radius 3 is 2.73 bits per heavy atom. The summed E-state index contributed by atoms with van der Waals surface area (Å²) >= 11 is 0. The number of halogens is 1. The summed E-state index contributed by atoms with van der Waals surface area (Å²) in [5.74, 6) is 0.0321. The molecule has 0 saturated carbocycles. The molecule has 5 rings (SSSR count). The smallest absolute Gasteiger partial charge is 0.277 e. The Labute approximate surface area is 180 Å². The zero-order valence-electron chi connectivity index (χ0n) is 16.7. The number of amides is 1. The molecule has 3 aromatic heterocycles. The van der Waals surface area contributed by atoms with Crippen LogP contribution in [0.25, 0.3) is 10.9 Å². The van der Waals surface area contributed by atoms with Gasteiger partial charge in [0.15, 0.2) is 0 Å². The highest BCUT2D eigenvalue weighted by atomic mass is 35.5. The third-order valence-corrected chi connectivity index (χ3v) is 6.11. The van der Waals surface area contributed by atoms with E-state index in [0.29, 0.717) is 5.95 Å². The number of hydroxylamine groups is 1. The summed E-state index contributed by atoms with van der Waals surface area (Å²) in [5.41, 5.74) is 4.64. The first-order chi connectivity index (χ1) is 14.1. The van der Waals surface area contributed by atoms with Gasteiger partial charge in [0, 0.05) is 75.4 Å². The normalized spacial score (nSPS) is 17.7. The highest BCUT2D eigenvalue weighted by Gasteiger charge is 2.48. The Morgan fingerprint density at radius 2 is 2.00 bits per heavy atom. The zero-order chi connectivity index (χ0) is 20.0. The molecule has 3 aromatic rings. The number of hydrogen-bond donors (Lipinski definition) is 2. The maximum absolute atomic E-state index is 11.4. The van der Waals surface area contributed by atoms with Crippen molar-refractivity contribution in [3.05, 3.63) is 48.2 Å². The van der Waals surface area contributed by atoms with Crippen LogP contribution in [0.15, 0.2) is 37.1 Å². The van der Waals surface area contributed by atoms with Crippen molar-refractivity contribution in [3.8, 4) is 0 Å². The molecule has 9 nitrogen and oxygen atoms in total. The largest absolute Gasteiger partial charge is 0.349 e. The van der Waals surface area contributed by atoms with Gasteiger partial charge in [0.05, 0.1) is 17.3 Å². The number of aromatic nitrogens is 4. The SMILES string of the molecule is Cl.Cn1cc(CN2CC3(CCN(c4ncc(C(=O)NO)cn4)C3)C2)c2ccncc21. The zero-order valence-corrected chi connectivity index (χ0v) is 17.5. The lowest BCUT2D eigenvalue weighted by molar-refractivity contribution is 0.0119. The molecule has 0 aliphatic carbocycles. The predicted octanol–water partition coefficient (Wildman–Crippen LogP) is 1.62. The number of fused-ring (bicyclic) bond motifs is 1. The van der Waals surface area contributed by atoms with E-state index in [1.165, 1.54) is 28.9 Å².